The maximum absolute atomic E-state index is 12.3. The summed E-state index contributed by atoms with van der Waals surface area (Å²) >= 11 is 2.86. The van der Waals surface area contributed by atoms with Crippen molar-refractivity contribution in [2.45, 2.75) is 31.6 Å². The second kappa shape index (κ2) is 8.68. The molecule has 0 unspecified atom stereocenters. The maximum atomic E-state index is 12.3. The Hall–Kier alpha value is -2.91. The van der Waals surface area contributed by atoms with E-state index in [2.05, 4.69) is 19.9 Å². The molecule has 1 aliphatic heterocycles. The Morgan fingerprint density at radius 1 is 1.23 bits per heavy atom. The number of hydrogen-bond acceptors (Lipinski definition) is 6. The Morgan fingerprint density at radius 3 is 2.97 bits per heavy atom. The van der Waals surface area contributed by atoms with Gasteiger partial charge in [-0.25, -0.2) is 9.97 Å². The largest absolute Gasteiger partial charge is 0.328 e. The van der Waals surface area contributed by atoms with Gasteiger partial charge >= 0.3 is 0 Å². The van der Waals surface area contributed by atoms with Gasteiger partial charge in [0.15, 0.2) is 4.96 Å². The van der Waals surface area contributed by atoms with Crippen LogP contribution in [-0.2, 0) is 23.5 Å². The van der Waals surface area contributed by atoms with E-state index in [1.54, 1.807) is 6.20 Å². The molecule has 4 heterocycles. The number of carbonyl (C=O) groups excluding carboxylic acids is 1. The van der Waals surface area contributed by atoms with Crippen LogP contribution in [0.5, 0.6) is 0 Å². The van der Waals surface area contributed by atoms with Crippen molar-refractivity contribution in [3.63, 3.8) is 0 Å². The van der Waals surface area contributed by atoms with Gasteiger partial charge in [0.1, 0.15) is 5.82 Å². The van der Waals surface area contributed by atoms with Crippen LogP contribution in [0.1, 0.15) is 24.2 Å². The van der Waals surface area contributed by atoms with Crippen LogP contribution in [0, 0.1) is 0 Å². The SMILES string of the molecule is O=C(CSCc1cc(=O)n2ccsc2n1)Nc1ccc(-c2ncc3n2CCCC3)cc1. The van der Waals surface area contributed by atoms with Crippen molar-refractivity contribution >= 4 is 39.7 Å². The van der Waals surface area contributed by atoms with Crippen LogP contribution in [0.4, 0.5) is 5.69 Å². The van der Waals surface area contributed by atoms with Gasteiger partial charge in [-0.3, -0.25) is 14.0 Å². The summed E-state index contributed by atoms with van der Waals surface area (Å²) in [5.74, 6) is 1.72. The molecule has 0 aliphatic carbocycles. The molecule has 0 atom stereocenters. The number of thiazole rings is 1. The fourth-order valence-corrected chi connectivity index (χ4v) is 5.23. The van der Waals surface area contributed by atoms with Crippen LogP contribution in [-0.4, -0.2) is 30.6 Å². The summed E-state index contributed by atoms with van der Waals surface area (Å²) in [6.07, 6.45) is 7.19. The van der Waals surface area contributed by atoms with Crippen molar-refractivity contribution in [3.05, 3.63) is 69.8 Å². The number of benzene rings is 1. The third-order valence-corrected chi connectivity index (χ3v) is 6.99. The van der Waals surface area contributed by atoms with E-state index in [1.165, 1.54) is 52.1 Å². The normalized spacial score (nSPS) is 13.3. The van der Waals surface area contributed by atoms with Gasteiger partial charge in [-0.05, 0) is 43.5 Å². The minimum absolute atomic E-state index is 0.0788. The lowest BCUT2D eigenvalue weighted by Gasteiger charge is -2.16. The molecule has 31 heavy (non-hydrogen) atoms. The van der Waals surface area contributed by atoms with Crippen LogP contribution in [0.3, 0.4) is 0 Å². The smallest absolute Gasteiger partial charge is 0.258 e. The zero-order valence-electron chi connectivity index (χ0n) is 16.8. The van der Waals surface area contributed by atoms with Gasteiger partial charge in [-0.1, -0.05) is 0 Å². The van der Waals surface area contributed by atoms with Crippen LogP contribution in [0.15, 0.2) is 52.9 Å². The van der Waals surface area contributed by atoms with Crippen molar-refractivity contribution in [2.24, 2.45) is 0 Å². The summed E-state index contributed by atoms with van der Waals surface area (Å²) in [6.45, 7) is 1.02. The molecule has 0 bridgehead atoms. The minimum Gasteiger partial charge on any atom is -0.328 e. The molecule has 9 heteroatoms. The lowest BCUT2D eigenvalue weighted by Crippen LogP contribution is -2.15. The van der Waals surface area contributed by atoms with Crippen molar-refractivity contribution < 1.29 is 4.79 Å². The minimum atomic E-state index is -0.0925. The van der Waals surface area contributed by atoms with Gasteiger partial charge in [0.25, 0.3) is 5.56 Å². The molecule has 3 aromatic heterocycles. The summed E-state index contributed by atoms with van der Waals surface area (Å²) in [6, 6.07) is 9.35. The Kier molecular flexibility index (Phi) is 5.61. The van der Waals surface area contributed by atoms with Crippen LogP contribution >= 0.6 is 23.1 Å². The summed E-state index contributed by atoms with van der Waals surface area (Å²) in [5, 5.41) is 4.76. The predicted octanol–water partition coefficient (Wildman–Crippen LogP) is 3.83. The van der Waals surface area contributed by atoms with Gasteiger partial charge in [0, 0.05) is 53.1 Å². The number of aryl methyl sites for hydroxylation is 1. The van der Waals surface area contributed by atoms with Gasteiger partial charge in [0.05, 0.1) is 11.4 Å². The van der Waals surface area contributed by atoms with E-state index >= 15 is 0 Å². The van der Waals surface area contributed by atoms with E-state index in [1.807, 2.05) is 35.8 Å². The molecule has 158 valence electrons. The molecular weight excluding hydrogens is 430 g/mol. The second-order valence-electron chi connectivity index (χ2n) is 7.44. The first-order chi connectivity index (χ1) is 15.2. The van der Waals surface area contributed by atoms with Gasteiger partial charge in [-0.2, -0.15) is 0 Å². The van der Waals surface area contributed by atoms with E-state index in [-0.39, 0.29) is 11.5 Å². The molecule has 0 saturated heterocycles. The molecule has 1 N–H and O–H groups in total. The van der Waals surface area contributed by atoms with Gasteiger partial charge in [-0.15, -0.1) is 23.1 Å². The zero-order valence-corrected chi connectivity index (χ0v) is 18.4. The maximum Gasteiger partial charge on any atom is 0.258 e. The Bertz CT molecular complexity index is 1290. The average Bonchev–Trinajstić information content (AvgIpc) is 3.42. The second-order valence-corrected chi connectivity index (χ2v) is 9.30. The lowest BCUT2D eigenvalue weighted by molar-refractivity contribution is -0.113. The quantitative estimate of drug-likeness (QED) is 0.482. The standard InChI is InChI=1S/C22H21N5O2S2/c28-19(14-30-13-17-11-20(29)27-9-10-31-22(27)25-17)24-16-6-4-15(5-7-16)21-23-12-18-3-1-2-8-26(18)21/h4-7,9-12H,1-3,8,13-14H2,(H,24,28). The van der Waals surface area contributed by atoms with E-state index in [9.17, 15) is 9.59 Å². The highest BCUT2D eigenvalue weighted by Crippen LogP contribution is 2.25. The van der Waals surface area contributed by atoms with E-state index < -0.39 is 0 Å². The third-order valence-electron chi connectivity index (χ3n) is 5.27. The Balaban J connectivity index is 1.17. The van der Waals surface area contributed by atoms with Crippen molar-refractivity contribution in [2.75, 3.05) is 11.1 Å². The highest BCUT2D eigenvalue weighted by atomic mass is 32.2. The molecule has 0 fully saturated rings. The number of carbonyl (C=O) groups is 1. The number of nitrogens with zero attached hydrogens (tertiary/aromatic N) is 4. The highest BCUT2D eigenvalue weighted by Gasteiger charge is 2.15. The molecule has 1 aromatic carbocycles. The molecule has 5 rings (SSSR count). The van der Waals surface area contributed by atoms with E-state index in [0.29, 0.717) is 22.2 Å². The Morgan fingerprint density at radius 2 is 2.10 bits per heavy atom. The average molecular weight is 452 g/mol. The molecule has 4 aromatic rings. The number of anilines is 1. The van der Waals surface area contributed by atoms with Crippen molar-refractivity contribution in [1.29, 1.82) is 0 Å². The van der Waals surface area contributed by atoms with Gasteiger partial charge < -0.3 is 9.88 Å². The number of thioether (sulfide) groups is 1. The number of nitrogens with one attached hydrogen (secondary N) is 1. The number of amides is 1. The lowest BCUT2D eigenvalue weighted by atomic mass is 10.1. The molecule has 0 radical (unpaired) electrons. The summed E-state index contributed by atoms with van der Waals surface area (Å²) in [4.78, 5) is 34.1. The van der Waals surface area contributed by atoms with Crippen LogP contribution in [0.25, 0.3) is 16.3 Å². The predicted molar refractivity (Wildman–Crippen MR) is 125 cm³/mol. The number of fused-ring (bicyclic) bond motifs is 2. The molecule has 1 amide bonds. The van der Waals surface area contributed by atoms with E-state index in [4.69, 9.17) is 0 Å². The fourth-order valence-electron chi connectivity index (χ4n) is 3.78. The van der Waals surface area contributed by atoms with Crippen molar-refractivity contribution in [1.82, 2.24) is 18.9 Å². The molecule has 0 spiro atoms. The Labute approximate surface area is 187 Å². The topological polar surface area (TPSA) is 81.3 Å². The van der Waals surface area contributed by atoms with Crippen LogP contribution in [0.2, 0.25) is 0 Å². The molecular formula is C22H21N5O2S2. The van der Waals surface area contributed by atoms with E-state index in [0.717, 1.165) is 30.0 Å². The number of imidazole rings is 1. The van der Waals surface area contributed by atoms with Crippen molar-refractivity contribution in [3.8, 4) is 11.4 Å². The number of rotatable bonds is 6. The summed E-state index contributed by atoms with van der Waals surface area (Å²) in [7, 11) is 0. The first-order valence-electron chi connectivity index (χ1n) is 10.2. The van der Waals surface area contributed by atoms with Crippen LogP contribution < -0.4 is 10.9 Å². The number of hydrogen-bond donors (Lipinski definition) is 1. The fraction of sp³-hybridized carbons (Fsp3) is 0.273. The molecule has 7 nitrogen and oxygen atoms in total. The molecule has 1 aliphatic rings. The third kappa shape index (κ3) is 4.28. The first kappa shape index (κ1) is 20.0. The van der Waals surface area contributed by atoms with Gasteiger partial charge in [0.2, 0.25) is 5.91 Å². The number of aromatic nitrogens is 4. The highest BCUT2D eigenvalue weighted by molar-refractivity contribution is 7.99. The summed E-state index contributed by atoms with van der Waals surface area (Å²) < 4.78 is 3.82. The summed E-state index contributed by atoms with van der Waals surface area (Å²) in [5.41, 5.74) is 3.71. The zero-order chi connectivity index (χ0) is 21.2. The first-order valence-corrected chi connectivity index (χ1v) is 12.2. The molecule has 0 saturated carbocycles. The monoisotopic (exact) mass is 451 g/mol.